The Bertz CT molecular complexity index is 890. The minimum Gasteiger partial charge on any atom is -0.299 e. The fourth-order valence-corrected chi connectivity index (χ4v) is 2.57. The normalized spacial score (nSPS) is 10.5. The zero-order valence-corrected chi connectivity index (χ0v) is 16.0. The van der Waals surface area contributed by atoms with E-state index >= 15 is 0 Å². The van der Waals surface area contributed by atoms with Crippen molar-refractivity contribution in [2.45, 2.75) is 0 Å². The van der Waals surface area contributed by atoms with Gasteiger partial charge in [0.2, 0.25) is 5.82 Å². The third kappa shape index (κ3) is 4.83. The van der Waals surface area contributed by atoms with Gasteiger partial charge in [-0.2, -0.15) is 0 Å². The summed E-state index contributed by atoms with van der Waals surface area (Å²) in [7, 11) is 3.94. The van der Waals surface area contributed by atoms with Crippen molar-refractivity contribution in [1.29, 1.82) is 0 Å². The van der Waals surface area contributed by atoms with E-state index in [-0.39, 0.29) is 0 Å². The highest BCUT2D eigenvalue weighted by molar-refractivity contribution is 6.30. The molecule has 130 valence electrons. The van der Waals surface area contributed by atoms with Gasteiger partial charge in [-0.3, -0.25) is 4.90 Å². The van der Waals surface area contributed by atoms with Crippen LogP contribution in [-0.4, -0.2) is 35.5 Å². The summed E-state index contributed by atoms with van der Waals surface area (Å²) in [5, 5.41) is 1.37. The van der Waals surface area contributed by atoms with Gasteiger partial charge in [0.25, 0.3) is 0 Å². The molecule has 1 heterocycles. The van der Waals surface area contributed by atoms with Crippen molar-refractivity contribution in [3.63, 3.8) is 0 Å². The molecule has 1 aromatic heterocycles. The van der Waals surface area contributed by atoms with Crippen LogP contribution in [0.4, 0.5) is 0 Å². The van der Waals surface area contributed by atoms with Gasteiger partial charge >= 0.3 is 0 Å². The van der Waals surface area contributed by atoms with Crippen LogP contribution >= 0.6 is 23.2 Å². The molecule has 0 fully saturated rings. The lowest BCUT2D eigenvalue weighted by molar-refractivity contribution is 0.464. The molecule has 3 aromatic rings. The van der Waals surface area contributed by atoms with E-state index in [1.165, 1.54) is 0 Å². The zero-order chi connectivity index (χ0) is 18.5. The molecule has 0 amide bonds. The van der Waals surface area contributed by atoms with Crippen LogP contribution in [-0.2, 0) is 0 Å². The monoisotopic (exact) mass is 381 g/mol. The second kappa shape index (κ2) is 8.33. The maximum Gasteiger partial charge on any atom is 0.206 e. The lowest BCUT2D eigenvalue weighted by Crippen LogP contribution is -2.10. The second-order valence-corrected chi connectivity index (χ2v) is 6.89. The van der Waals surface area contributed by atoms with Crippen LogP contribution < -0.4 is 0 Å². The van der Waals surface area contributed by atoms with Gasteiger partial charge in [-0.25, -0.2) is 9.97 Å². The first-order valence-corrected chi connectivity index (χ1v) is 8.81. The molecule has 0 atom stereocenters. The van der Waals surface area contributed by atoms with Gasteiger partial charge in [0, 0.05) is 21.2 Å². The van der Waals surface area contributed by atoms with Gasteiger partial charge in [-0.05, 0) is 50.3 Å². The van der Waals surface area contributed by atoms with Crippen molar-refractivity contribution in [3.05, 3.63) is 70.5 Å². The van der Waals surface area contributed by atoms with Crippen molar-refractivity contribution in [2.75, 3.05) is 20.6 Å². The lowest BCUT2D eigenvalue weighted by atomic mass is 10.1. The third-order valence-corrected chi connectivity index (χ3v) is 4.11. The summed E-state index contributed by atoms with van der Waals surface area (Å²) in [6.07, 6.45) is 0. The summed E-state index contributed by atoms with van der Waals surface area (Å²) in [6, 6.07) is 17.1. The molecule has 5 heteroatoms. The standard InChI is InChI=1S/C21H17Cl2N3/c1-26(2)13-3-4-21-24-19(15-5-9-17(22)10-6-15)14-20(25-21)16-7-11-18(23)12-8-16/h5-12,14H,13H2,1-2H3. The molecule has 0 radical (unpaired) electrons. The number of benzene rings is 2. The highest BCUT2D eigenvalue weighted by Crippen LogP contribution is 2.25. The van der Waals surface area contributed by atoms with Crippen molar-refractivity contribution in [3.8, 4) is 34.4 Å². The predicted octanol–water partition coefficient (Wildman–Crippen LogP) is 5.03. The summed E-state index contributed by atoms with van der Waals surface area (Å²) >= 11 is 12.0. The second-order valence-electron chi connectivity index (χ2n) is 6.02. The summed E-state index contributed by atoms with van der Waals surface area (Å²) in [4.78, 5) is 11.2. The zero-order valence-electron chi connectivity index (χ0n) is 14.5. The molecule has 0 saturated carbocycles. The van der Waals surface area contributed by atoms with Crippen molar-refractivity contribution in [2.24, 2.45) is 0 Å². The van der Waals surface area contributed by atoms with E-state index in [0.717, 1.165) is 22.5 Å². The van der Waals surface area contributed by atoms with Gasteiger partial charge in [-0.1, -0.05) is 53.4 Å². The van der Waals surface area contributed by atoms with Crippen LogP contribution in [0, 0.1) is 11.8 Å². The summed E-state index contributed by atoms with van der Waals surface area (Å²) < 4.78 is 0. The summed E-state index contributed by atoms with van der Waals surface area (Å²) in [6.45, 7) is 0.644. The van der Waals surface area contributed by atoms with Crippen LogP contribution in [0.2, 0.25) is 10.0 Å². The smallest absolute Gasteiger partial charge is 0.206 e. The summed E-state index contributed by atoms with van der Waals surface area (Å²) in [5.74, 6) is 6.63. The molecular formula is C21H17Cl2N3. The minimum atomic E-state index is 0.490. The molecule has 0 aliphatic rings. The van der Waals surface area contributed by atoms with Crippen LogP contribution in [0.25, 0.3) is 22.5 Å². The maximum absolute atomic E-state index is 6.00. The van der Waals surface area contributed by atoms with Crippen molar-refractivity contribution < 1.29 is 0 Å². The average Bonchev–Trinajstić information content (AvgIpc) is 2.62. The van der Waals surface area contributed by atoms with E-state index in [1.54, 1.807) is 0 Å². The maximum atomic E-state index is 6.00. The van der Waals surface area contributed by atoms with E-state index < -0.39 is 0 Å². The van der Waals surface area contributed by atoms with Gasteiger partial charge < -0.3 is 0 Å². The minimum absolute atomic E-state index is 0.490. The van der Waals surface area contributed by atoms with E-state index in [1.807, 2.05) is 73.6 Å². The van der Waals surface area contributed by atoms with Crippen molar-refractivity contribution in [1.82, 2.24) is 14.9 Å². The van der Waals surface area contributed by atoms with E-state index in [4.69, 9.17) is 23.2 Å². The van der Waals surface area contributed by atoms with Gasteiger partial charge in [0.15, 0.2) is 0 Å². The highest BCUT2D eigenvalue weighted by atomic mass is 35.5. The number of aromatic nitrogens is 2. The number of halogens is 2. The molecule has 0 N–H and O–H groups in total. The topological polar surface area (TPSA) is 29.0 Å². The van der Waals surface area contributed by atoms with Gasteiger partial charge in [0.05, 0.1) is 17.9 Å². The Morgan fingerprint density at radius 1 is 0.808 bits per heavy atom. The fraction of sp³-hybridized carbons (Fsp3) is 0.143. The lowest BCUT2D eigenvalue weighted by Gasteiger charge is -2.07. The molecule has 0 aliphatic carbocycles. The van der Waals surface area contributed by atoms with E-state index in [2.05, 4.69) is 21.8 Å². The molecule has 2 aromatic carbocycles. The Morgan fingerprint density at radius 2 is 1.27 bits per heavy atom. The molecule has 0 unspecified atom stereocenters. The van der Waals surface area contributed by atoms with Crippen molar-refractivity contribution >= 4 is 23.2 Å². The first-order chi connectivity index (χ1) is 12.5. The Hall–Kier alpha value is -2.38. The third-order valence-electron chi connectivity index (χ3n) is 3.60. The Kier molecular flexibility index (Phi) is 5.90. The van der Waals surface area contributed by atoms with Crippen LogP contribution in [0.15, 0.2) is 54.6 Å². The average molecular weight is 382 g/mol. The number of hydrogen-bond acceptors (Lipinski definition) is 3. The van der Waals surface area contributed by atoms with E-state index in [0.29, 0.717) is 22.4 Å². The Labute approximate surface area is 163 Å². The van der Waals surface area contributed by atoms with E-state index in [9.17, 15) is 0 Å². The summed E-state index contributed by atoms with van der Waals surface area (Å²) in [5.41, 5.74) is 3.52. The fourth-order valence-electron chi connectivity index (χ4n) is 2.32. The van der Waals surface area contributed by atoms with Gasteiger partial charge in [-0.15, -0.1) is 0 Å². The predicted molar refractivity (Wildman–Crippen MR) is 108 cm³/mol. The highest BCUT2D eigenvalue weighted by Gasteiger charge is 2.08. The molecular weight excluding hydrogens is 365 g/mol. The molecule has 0 aliphatic heterocycles. The van der Waals surface area contributed by atoms with Crippen LogP contribution in [0.1, 0.15) is 5.82 Å². The van der Waals surface area contributed by atoms with Crippen LogP contribution in [0.5, 0.6) is 0 Å². The van der Waals surface area contributed by atoms with Crippen LogP contribution in [0.3, 0.4) is 0 Å². The van der Waals surface area contributed by atoms with Gasteiger partial charge in [0.1, 0.15) is 0 Å². The largest absolute Gasteiger partial charge is 0.299 e. The molecule has 3 nitrogen and oxygen atoms in total. The number of hydrogen-bond donors (Lipinski definition) is 0. The molecule has 3 rings (SSSR count). The Morgan fingerprint density at radius 3 is 1.69 bits per heavy atom. The molecule has 0 saturated heterocycles. The number of nitrogens with zero attached hydrogens (tertiary/aromatic N) is 3. The first kappa shape index (κ1) is 18.4. The Balaban J connectivity index is 2.07. The number of rotatable bonds is 3. The first-order valence-electron chi connectivity index (χ1n) is 8.06. The SMILES string of the molecule is CN(C)CC#Cc1nc(-c2ccc(Cl)cc2)cc(-c2ccc(Cl)cc2)n1. The molecule has 26 heavy (non-hydrogen) atoms. The quantitative estimate of drug-likeness (QED) is 0.595. The molecule has 0 spiro atoms. The molecule has 0 bridgehead atoms.